The van der Waals surface area contributed by atoms with Crippen molar-refractivity contribution in [3.63, 3.8) is 0 Å². The lowest BCUT2D eigenvalue weighted by Gasteiger charge is -2.11. The van der Waals surface area contributed by atoms with Crippen LogP contribution in [0.1, 0.15) is 25.0 Å². The van der Waals surface area contributed by atoms with Gasteiger partial charge in [0.15, 0.2) is 0 Å². The van der Waals surface area contributed by atoms with Crippen molar-refractivity contribution in [1.29, 1.82) is 5.26 Å². The maximum atomic E-state index is 9.18. The van der Waals surface area contributed by atoms with Gasteiger partial charge in [0.2, 0.25) is 0 Å². The van der Waals surface area contributed by atoms with Gasteiger partial charge in [-0.2, -0.15) is 5.26 Å². The average Bonchev–Trinajstić information content (AvgIpc) is 3.13. The lowest BCUT2D eigenvalue weighted by Crippen LogP contribution is -2.01. The number of nitrogens with zero attached hydrogens (tertiary/aromatic N) is 4. The molecule has 6 heteroatoms. The number of imidazole rings is 1. The van der Waals surface area contributed by atoms with Gasteiger partial charge in [-0.15, -0.1) is 11.6 Å². The predicted octanol–water partition coefficient (Wildman–Crippen LogP) is 5.31. The Morgan fingerprint density at radius 1 is 1.11 bits per heavy atom. The summed E-state index contributed by atoms with van der Waals surface area (Å²) in [6.45, 7) is 4.00. The maximum absolute atomic E-state index is 9.18. The number of alkyl halides is 1. The lowest BCUT2D eigenvalue weighted by atomic mass is 10.2. The van der Waals surface area contributed by atoms with Crippen LogP contribution in [-0.4, -0.2) is 14.5 Å². The molecule has 140 valence electrons. The van der Waals surface area contributed by atoms with E-state index in [9.17, 15) is 5.26 Å². The first-order valence-corrected chi connectivity index (χ1v) is 9.53. The van der Waals surface area contributed by atoms with E-state index in [0.717, 1.165) is 27.8 Å². The van der Waals surface area contributed by atoms with Gasteiger partial charge in [0.05, 0.1) is 28.2 Å². The molecular weight excluding hydrogens is 370 g/mol. The van der Waals surface area contributed by atoms with Crippen LogP contribution in [-0.2, 0) is 5.88 Å². The van der Waals surface area contributed by atoms with E-state index in [-0.39, 0.29) is 0 Å². The first-order valence-electron chi connectivity index (χ1n) is 9.00. The van der Waals surface area contributed by atoms with Crippen molar-refractivity contribution in [2.45, 2.75) is 19.7 Å². The Hall–Kier alpha value is -3.36. The van der Waals surface area contributed by atoms with Crippen LogP contribution in [0.15, 0.2) is 60.8 Å². The van der Waals surface area contributed by atoms with E-state index in [4.69, 9.17) is 22.3 Å². The summed E-state index contributed by atoms with van der Waals surface area (Å²) in [7, 11) is 0. The Balaban J connectivity index is 0.00000109. The number of hydrogen-bond donors (Lipinski definition) is 1. The molecule has 4 rings (SSSR count). The normalized spacial score (nSPS) is 10.2. The second-order valence-electron chi connectivity index (χ2n) is 5.82. The third-order valence-corrected chi connectivity index (χ3v) is 4.52. The summed E-state index contributed by atoms with van der Waals surface area (Å²) in [5.41, 5.74) is 11.0. The molecule has 5 nitrogen and oxygen atoms in total. The largest absolute Gasteiger partial charge is 0.383 e. The van der Waals surface area contributed by atoms with Crippen LogP contribution in [0.25, 0.3) is 28.1 Å². The fourth-order valence-corrected chi connectivity index (χ4v) is 3.11. The molecule has 0 radical (unpaired) electrons. The van der Waals surface area contributed by atoms with Crippen molar-refractivity contribution in [1.82, 2.24) is 14.5 Å². The van der Waals surface area contributed by atoms with E-state index >= 15 is 0 Å². The summed E-state index contributed by atoms with van der Waals surface area (Å²) in [6, 6.07) is 19.3. The maximum Gasteiger partial charge on any atom is 0.149 e. The Bertz CT molecular complexity index is 1140. The Morgan fingerprint density at radius 2 is 1.86 bits per heavy atom. The van der Waals surface area contributed by atoms with Crippen LogP contribution < -0.4 is 5.73 Å². The smallest absolute Gasteiger partial charge is 0.149 e. The molecule has 2 aromatic heterocycles. The molecule has 0 amide bonds. The van der Waals surface area contributed by atoms with Crippen molar-refractivity contribution in [2.24, 2.45) is 0 Å². The van der Waals surface area contributed by atoms with Crippen molar-refractivity contribution < 1.29 is 0 Å². The van der Waals surface area contributed by atoms with Crippen LogP contribution in [0.4, 0.5) is 5.82 Å². The number of nitrogens with two attached hydrogens (primary N) is 1. The molecule has 4 aromatic rings. The highest BCUT2D eigenvalue weighted by atomic mass is 35.5. The van der Waals surface area contributed by atoms with Gasteiger partial charge in [-0.3, -0.25) is 4.57 Å². The monoisotopic (exact) mass is 389 g/mol. The van der Waals surface area contributed by atoms with E-state index in [1.165, 1.54) is 0 Å². The fourth-order valence-electron chi connectivity index (χ4n) is 2.93. The van der Waals surface area contributed by atoms with Gasteiger partial charge in [0.1, 0.15) is 11.6 Å². The highest BCUT2D eigenvalue weighted by Gasteiger charge is 2.17. The number of nitrogen functional groups attached to an aromatic ring is 1. The number of anilines is 1. The number of nitriles is 1. The molecular formula is C22H20ClN5. The molecule has 28 heavy (non-hydrogen) atoms. The third-order valence-electron chi connectivity index (χ3n) is 4.21. The summed E-state index contributed by atoms with van der Waals surface area (Å²) >= 11 is 5.91. The standard InChI is InChI=1S/C20H14ClN5.C2H6/c21-11-13-3-6-15(7-4-13)26-18-8-5-14(12-22)10-17(18)25-20(26)16-2-1-9-24-19(16)23;1-2/h1-10H,11H2,(H2,23,24);1-2H3. The zero-order valence-corrected chi connectivity index (χ0v) is 16.5. The van der Waals surface area contributed by atoms with E-state index in [1.807, 2.05) is 60.9 Å². The highest BCUT2D eigenvalue weighted by molar-refractivity contribution is 6.17. The number of aromatic nitrogens is 3. The zero-order chi connectivity index (χ0) is 20.1. The summed E-state index contributed by atoms with van der Waals surface area (Å²) in [5.74, 6) is 1.54. The Kier molecular flexibility index (Phi) is 5.93. The van der Waals surface area contributed by atoms with Gasteiger partial charge < -0.3 is 5.73 Å². The molecule has 0 atom stereocenters. The molecule has 2 aromatic carbocycles. The van der Waals surface area contributed by atoms with Crippen LogP contribution in [0.3, 0.4) is 0 Å². The molecule has 0 unspecified atom stereocenters. The second-order valence-corrected chi connectivity index (χ2v) is 6.09. The Labute approximate surface area is 169 Å². The van der Waals surface area contributed by atoms with Gasteiger partial charge in [-0.1, -0.05) is 26.0 Å². The summed E-state index contributed by atoms with van der Waals surface area (Å²) in [6.07, 6.45) is 1.65. The SMILES string of the molecule is CC.N#Cc1ccc2c(c1)nc(-c1cccnc1N)n2-c1ccc(CCl)cc1. The first kappa shape index (κ1) is 19.4. The van der Waals surface area contributed by atoms with Crippen LogP contribution in [0, 0.1) is 11.3 Å². The number of hydrogen-bond acceptors (Lipinski definition) is 4. The quantitative estimate of drug-likeness (QED) is 0.481. The van der Waals surface area contributed by atoms with Crippen LogP contribution in [0.5, 0.6) is 0 Å². The molecule has 0 spiro atoms. The summed E-state index contributed by atoms with van der Waals surface area (Å²) < 4.78 is 2.02. The fraction of sp³-hybridized carbons (Fsp3) is 0.136. The zero-order valence-electron chi connectivity index (χ0n) is 15.7. The van der Waals surface area contributed by atoms with E-state index in [0.29, 0.717) is 23.1 Å². The summed E-state index contributed by atoms with van der Waals surface area (Å²) in [4.78, 5) is 8.91. The van der Waals surface area contributed by atoms with Gasteiger partial charge in [0.25, 0.3) is 0 Å². The molecule has 0 bridgehead atoms. The second kappa shape index (κ2) is 8.55. The third kappa shape index (κ3) is 3.55. The topological polar surface area (TPSA) is 80.5 Å². The van der Waals surface area contributed by atoms with Crippen LogP contribution in [0.2, 0.25) is 0 Å². The first-order chi connectivity index (χ1) is 13.7. The molecule has 0 saturated carbocycles. The van der Waals surface area contributed by atoms with Crippen LogP contribution >= 0.6 is 11.6 Å². The van der Waals surface area contributed by atoms with Crippen molar-refractivity contribution in [3.05, 3.63) is 71.9 Å². The average molecular weight is 390 g/mol. The molecule has 0 fully saturated rings. The minimum absolute atomic E-state index is 0.405. The Morgan fingerprint density at radius 3 is 2.50 bits per heavy atom. The molecule has 0 aliphatic carbocycles. The number of fused-ring (bicyclic) bond motifs is 1. The van der Waals surface area contributed by atoms with Gasteiger partial charge in [0, 0.05) is 17.8 Å². The van der Waals surface area contributed by atoms with Gasteiger partial charge in [-0.25, -0.2) is 9.97 Å². The predicted molar refractivity (Wildman–Crippen MR) is 114 cm³/mol. The van der Waals surface area contributed by atoms with Gasteiger partial charge >= 0.3 is 0 Å². The minimum atomic E-state index is 0.405. The molecule has 2 heterocycles. The minimum Gasteiger partial charge on any atom is -0.383 e. The number of rotatable bonds is 3. The molecule has 0 saturated heterocycles. The molecule has 2 N–H and O–H groups in total. The number of halogens is 1. The van der Waals surface area contributed by atoms with E-state index < -0.39 is 0 Å². The van der Waals surface area contributed by atoms with E-state index in [2.05, 4.69) is 11.1 Å². The van der Waals surface area contributed by atoms with Crippen molar-refractivity contribution in [2.75, 3.05) is 5.73 Å². The number of pyridine rings is 1. The molecule has 0 aliphatic rings. The lowest BCUT2D eigenvalue weighted by molar-refractivity contribution is 1.09. The van der Waals surface area contributed by atoms with Crippen molar-refractivity contribution >= 4 is 28.5 Å². The van der Waals surface area contributed by atoms with Gasteiger partial charge in [-0.05, 0) is 48.0 Å². The summed E-state index contributed by atoms with van der Waals surface area (Å²) in [5, 5.41) is 9.18. The highest BCUT2D eigenvalue weighted by Crippen LogP contribution is 2.31. The van der Waals surface area contributed by atoms with Crippen molar-refractivity contribution in [3.8, 4) is 23.1 Å². The van der Waals surface area contributed by atoms with E-state index in [1.54, 1.807) is 18.3 Å². The molecule has 0 aliphatic heterocycles. The number of benzene rings is 2.